The number of rotatable bonds is 4. The van der Waals surface area contributed by atoms with E-state index >= 15 is 0 Å². The second kappa shape index (κ2) is 5.44. The third-order valence-electron chi connectivity index (χ3n) is 1.96. The van der Waals surface area contributed by atoms with Gasteiger partial charge in [-0.1, -0.05) is 0 Å². The zero-order valence-electron chi connectivity index (χ0n) is 9.73. The molecule has 0 spiro atoms. The molecular formula is C13H16O2Se. The van der Waals surface area contributed by atoms with Gasteiger partial charge in [0.1, 0.15) is 0 Å². The Morgan fingerprint density at radius 1 is 1.31 bits per heavy atom. The predicted molar refractivity (Wildman–Crippen MR) is 66.9 cm³/mol. The van der Waals surface area contributed by atoms with Crippen molar-refractivity contribution in [3.63, 3.8) is 0 Å². The minimum absolute atomic E-state index is 0.155. The fraction of sp³-hybridized carbons (Fsp3) is 0.308. The summed E-state index contributed by atoms with van der Waals surface area (Å²) in [5, 5.41) is 9.51. The number of hydrogen-bond acceptors (Lipinski definition) is 2. The third kappa shape index (κ3) is 4.31. The summed E-state index contributed by atoms with van der Waals surface area (Å²) in [6, 6.07) is 10.0. The maximum atomic E-state index is 11.5. The van der Waals surface area contributed by atoms with Crippen molar-refractivity contribution in [3.8, 4) is 0 Å². The van der Waals surface area contributed by atoms with Gasteiger partial charge in [-0.05, 0) is 0 Å². The Morgan fingerprint density at radius 2 is 1.88 bits per heavy atom. The standard InChI is InChI=1S/C13H16O2Se/c1-10(9-12(14)13(2,3)15)16-11-7-5-4-6-8-11/h4-9,15H,1-3H3/b10-9-. The fourth-order valence-corrected chi connectivity index (χ4v) is 2.81. The van der Waals surface area contributed by atoms with E-state index in [1.165, 1.54) is 18.3 Å². The van der Waals surface area contributed by atoms with Crippen molar-refractivity contribution in [2.24, 2.45) is 0 Å². The third-order valence-corrected chi connectivity index (χ3v) is 3.95. The van der Waals surface area contributed by atoms with Gasteiger partial charge in [0.2, 0.25) is 0 Å². The van der Waals surface area contributed by atoms with Gasteiger partial charge in [0.25, 0.3) is 0 Å². The Balaban J connectivity index is 2.70. The molecular weight excluding hydrogens is 267 g/mol. The first kappa shape index (κ1) is 13.2. The number of allylic oxidation sites excluding steroid dienone is 1. The number of ketones is 1. The van der Waals surface area contributed by atoms with Crippen LogP contribution in [0.15, 0.2) is 40.9 Å². The first-order valence-corrected chi connectivity index (χ1v) is 6.79. The molecule has 0 unspecified atom stereocenters. The summed E-state index contributed by atoms with van der Waals surface area (Å²) >= 11 is 0.155. The van der Waals surface area contributed by atoms with E-state index in [-0.39, 0.29) is 20.7 Å². The van der Waals surface area contributed by atoms with E-state index in [9.17, 15) is 9.90 Å². The van der Waals surface area contributed by atoms with Crippen LogP contribution in [-0.4, -0.2) is 31.4 Å². The van der Waals surface area contributed by atoms with Gasteiger partial charge in [-0.3, -0.25) is 0 Å². The maximum absolute atomic E-state index is 11.5. The van der Waals surface area contributed by atoms with Crippen LogP contribution in [0.25, 0.3) is 0 Å². The molecule has 0 heterocycles. The molecule has 86 valence electrons. The van der Waals surface area contributed by atoms with Gasteiger partial charge in [-0.15, -0.1) is 0 Å². The van der Waals surface area contributed by atoms with Crippen molar-refractivity contribution in [2.75, 3.05) is 0 Å². The average Bonchev–Trinajstić information content (AvgIpc) is 2.17. The van der Waals surface area contributed by atoms with Crippen molar-refractivity contribution in [2.45, 2.75) is 26.4 Å². The number of carbonyl (C=O) groups is 1. The molecule has 1 N–H and O–H groups in total. The van der Waals surface area contributed by atoms with Gasteiger partial charge in [0.15, 0.2) is 0 Å². The van der Waals surface area contributed by atoms with Gasteiger partial charge in [-0.25, -0.2) is 0 Å². The van der Waals surface area contributed by atoms with Gasteiger partial charge in [0, 0.05) is 0 Å². The van der Waals surface area contributed by atoms with Crippen LogP contribution in [-0.2, 0) is 4.79 Å². The Kier molecular flexibility index (Phi) is 4.48. The van der Waals surface area contributed by atoms with Crippen LogP contribution in [0.1, 0.15) is 20.8 Å². The van der Waals surface area contributed by atoms with Crippen LogP contribution >= 0.6 is 0 Å². The van der Waals surface area contributed by atoms with Crippen molar-refractivity contribution in [1.82, 2.24) is 0 Å². The number of carbonyl (C=O) groups excluding carboxylic acids is 1. The summed E-state index contributed by atoms with van der Waals surface area (Å²) in [7, 11) is 0. The Hall–Kier alpha value is -0.891. The Labute approximate surface area is 103 Å². The summed E-state index contributed by atoms with van der Waals surface area (Å²) in [5.74, 6) is -0.234. The molecule has 0 aliphatic carbocycles. The normalized spacial score (nSPS) is 12.6. The quantitative estimate of drug-likeness (QED) is 0.667. The molecule has 16 heavy (non-hydrogen) atoms. The molecule has 3 heteroatoms. The van der Waals surface area contributed by atoms with E-state index in [0.717, 1.165) is 4.47 Å². The first-order chi connectivity index (χ1) is 7.39. The second-order valence-electron chi connectivity index (χ2n) is 4.09. The monoisotopic (exact) mass is 284 g/mol. The van der Waals surface area contributed by atoms with E-state index in [1.54, 1.807) is 6.08 Å². The molecule has 0 aliphatic rings. The van der Waals surface area contributed by atoms with E-state index in [0.29, 0.717) is 0 Å². The Morgan fingerprint density at radius 3 is 2.38 bits per heavy atom. The topological polar surface area (TPSA) is 37.3 Å². The molecule has 1 aromatic rings. The second-order valence-corrected chi connectivity index (χ2v) is 6.86. The van der Waals surface area contributed by atoms with Gasteiger partial charge < -0.3 is 0 Å². The molecule has 0 fully saturated rings. The van der Waals surface area contributed by atoms with Crippen LogP contribution in [0.3, 0.4) is 0 Å². The molecule has 1 rings (SSSR count). The molecule has 0 saturated heterocycles. The van der Waals surface area contributed by atoms with Crippen LogP contribution < -0.4 is 4.46 Å². The molecule has 0 aromatic heterocycles. The number of benzene rings is 1. The van der Waals surface area contributed by atoms with E-state index in [2.05, 4.69) is 0 Å². The van der Waals surface area contributed by atoms with E-state index in [4.69, 9.17) is 0 Å². The van der Waals surface area contributed by atoms with Crippen LogP contribution in [0.5, 0.6) is 0 Å². The molecule has 0 bridgehead atoms. The van der Waals surface area contributed by atoms with Crippen molar-refractivity contribution >= 4 is 25.2 Å². The summed E-state index contributed by atoms with van der Waals surface area (Å²) in [5.41, 5.74) is -1.27. The zero-order valence-corrected chi connectivity index (χ0v) is 11.4. The average molecular weight is 283 g/mol. The molecule has 1 aromatic carbocycles. The van der Waals surface area contributed by atoms with Gasteiger partial charge in [-0.2, -0.15) is 0 Å². The Bertz CT molecular complexity index is 388. The van der Waals surface area contributed by atoms with Crippen LogP contribution in [0, 0.1) is 0 Å². The van der Waals surface area contributed by atoms with Gasteiger partial charge >= 0.3 is 102 Å². The fourth-order valence-electron chi connectivity index (χ4n) is 1.07. The molecule has 2 nitrogen and oxygen atoms in total. The molecule has 0 amide bonds. The van der Waals surface area contributed by atoms with Crippen molar-refractivity contribution in [3.05, 3.63) is 40.9 Å². The zero-order chi connectivity index (χ0) is 12.2. The summed E-state index contributed by atoms with van der Waals surface area (Å²) < 4.78 is 2.25. The number of aliphatic hydroxyl groups is 1. The SMILES string of the molecule is C/C(=C/C(=O)C(C)(C)O)[Se]c1ccccc1. The summed E-state index contributed by atoms with van der Waals surface area (Å²) in [4.78, 5) is 11.5. The van der Waals surface area contributed by atoms with E-state index < -0.39 is 5.60 Å². The first-order valence-electron chi connectivity index (χ1n) is 5.07. The van der Waals surface area contributed by atoms with E-state index in [1.807, 2.05) is 37.3 Å². The van der Waals surface area contributed by atoms with Crippen LogP contribution in [0.2, 0.25) is 0 Å². The summed E-state index contributed by atoms with van der Waals surface area (Å²) in [6.45, 7) is 4.94. The van der Waals surface area contributed by atoms with Gasteiger partial charge in [0.05, 0.1) is 0 Å². The molecule has 0 atom stereocenters. The van der Waals surface area contributed by atoms with Crippen LogP contribution in [0.4, 0.5) is 0 Å². The van der Waals surface area contributed by atoms with Crippen molar-refractivity contribution in [1.29, 1.82) is 0 Å². The molecule has 0 radical (unpaired) electrons. The molecule has 0 saturated carbocycles. The minimum atomic E-state index is -1.27. The van der Waals surface area contributed by atoms with Crippen molar-refractivity contribution < 1.29 is 9.90 Å². The number of hydrogen-bond donors (Lipinski definition) is 1. The molecule has 0 aliphatic heterocycles. The predicted octanol–water partition coefficient (Wildman–Crippen LogP) is 1.26. The summed E-state index contributed by atoms with van der Waals surface area (Å²) in [6.07, 6.45) is 1.55.